The summed E-state index contributed by atoms with van der Waals surface area (Å²) in [6.07, 6.45) is 2.76. The molecule has 2 aromatic carbocycles. The number of benzene rings is 2. The molecule has 2 rings (SSSR count). The molecule has 23 heavy (non-hydrogen) atoms. The second-order valence-electron chi connectivity index (χ2n) is 5.91. The van der Waals surface area contributed by atoms with Crippen molar-refractivity contribution in [2.24, 2.45) is 4.99 Å². The van der Waals surface area contributed by atoms with Crippen LogP contribution in [-0.4, -0.2) is 31.9 Å². The fourth-order valence-corrected chi connectivity index (χ4v) is 2.33. The van der Waals surface area contributed by atoms with Crippen LogP contribution < -0.4 is 4.74 Å². The molecule has 0 N–H and O–H groups in total. The Kier molecular flexibility index (Phi) is 5.80. The van der Waals surface area contributed by atoms with Gasteiger partial charge in [0, 0.05) is 19.7 Å². The predicted octanol–water partition coefficient (Wildman–Crippen LogP) is 4.51. The Bertz CT molecular complexity index is 675. The maximum Gasteiger partial charge on any atom is 0.121 e. The van der Waals surface area contributed by atoms with Gasteiger partial charge in [-0.2, -0.15) is 0 Å². The third-order valence-corrected chi connectivity index (χ3v) is 4.10. The van der Waals surface area contributed by atoms with Crippen LogP contribution in [0.2, 0.25) is 0 Å². The molecule has 122 valence electrons. The van der Waals surface area contributed by atoms with Crippen molar-refractivity contribution in [1.82, 2.24) is 4.90 Å². The first kappa shape index (κ1) is 17.1. The maximum absolute atomic E-state index is 5.45. The van der Waals surface area contributed by atoms with E-state index in [0.29, 0.717) is 0 Å². The number of nitrogens with zero attached hydrogens (tertiary/aromatic N) is 2. The number of aryl methyl sites for hydroxylation is 1. The summed E-state index contributed by atoms with van der Waals surface area (Å²) in [5.74, 6) is 0.851. The molecule has 0 unspecified atom stereocenters. The highest BCUT2D eigenvalue weighted by atomic mass is 16.5. The van der Waals surface area contributed by atoms with Gasteiger partial charge in [0.2, 0.25) is 0 Å². The molecule has 0 amide bonds. The Morgan fingerprint density at radius 2 is 1.83 bits per heavy atom. The lowest BCUT2D eigenvalue weighted by Crippen LogP contribution is -2.14. The normalized spacial score (nSPS) is 11.0. The first-order valence-electron chi connectivity index (χ1n) is 8.01. The van der Waals surface area contributed by atoms with Gasteiger partial charge in [-0.3, -0.25) is 0 Å². The molecular formula is C20H26N2O. The molecule has 0 aliphatic heterocycles. The molecule has 0 aromatic heterocycles. The highest BCUT2D eigenvalue weighted by Gasteiger charge is 2.08. The number of aliphatic imine (C=N–C) groups is 1. The van der Waals surface area contributed by atoms with Gasteiger partial charge in [0.05, 0.1) is 19.1 Å². The topological polar surface area (TPSA) is 24.8 Å². The summed E-state index contributed by atoms with van der Waals surface area (Å²) in [6.45, 7) is 7.27. The van der Waals surface area contributed by atoms with Gasteiger partial charge in [-0.05, 0) is 49.9 Å². The molecule has 0 aliphatic rings. The summed E-state index contributed by atoms with van der Waals surface area (Å²) >= 11 is 0. The number of methoxy groups -OCH3 is 1. The van der Waals surface area contributed by atoms with E-state index in [-0.39, 0.29) is 0 Å². The van der Waals surface area contributed by atoms with E-state index < -0.39 is 0 Å². The monoisotopic (exact) mass is 310 g/mol. The fraction of sp³-hybridized carbons (Fsp3) is 0.350. The van der Waals surface area contributed by atoms with E-state index in [1.807, 2.05) is 19.5 Å². The second kappa shape index (κ2) is 7.82. The zero-order chi connectivity index (χ0) is 16.8. The lowest BCUT2D eigenvalue weighted by molar-refractivity contribution is 0.414. The van der Waals surface area contributed by atoms with E-state index in [2.05, 4.69) is 61.0 Å². The SMILES string of the molecule is CCN(C)C=Nc1cc(OC)cc(Cc2ccc(C)cc2)c1C. The van der Waals surface area contributed by atoms with Gasteiger partial charge in [0.1, 0.15) is 5.75 Å². The first-order chi connectivity index (χ1) is 11.0. The van der Waals surface area contributed by atoms with E-state index in [1.54, 1.807) is 7.11 Å². The van der Waals surface area contributed by atoms with E-state index in [1.165, 1.54) is 22.3 Å². The standard InChI is InChI=1S/C20H26N2O/c1-6-22(4)14-21-20-13-19(23-5)12-18(16(20)3)11-17-9-7-15(2)8-10-17/h7-10,12-14H,6,11H2,1-5H3. The molecule has 0 heterocycles. The maximum atomic E-state index is 5.45. The van der Waals surface area contributed by atoms with Gasteiger partial charge in [-0.1, -0.05) is 29.8 Å². The second-order valence-corrected chi connectivity index (χ2v) is 5.91. The molecule has 0 fully saturated rings. The molecule has 2 aromatic rings. The summed E-state index contributed by atoms with van der Waals surface area (Å²) in [5.41, 5.74) is 6.00. The van der Waals surface area contributed by atoms with Crippen LogP contribution in [0.5, 0.6) is 5.75 Å². The molecule has 3 heteroatoms. The molecule has 0 radical (unpaired) electrons. The van der Waals surface area contributed by atoms with E-state index >= 15 is 0 Å². The van der Waals surface area contributed by atoms with Gasteiger partial charge in [-0.25, -0.2) is 4.99 Å². The fourth-order valence-electron chi connectivity index (χ4n) is 2.33. The summed E-state index contributed by atoms with van der Waals surface area (Å²) in [4.78, 5) is 6.68. The first-order valence-corrected chi connectivity index (χ1v) is 8.01. The van der Waals surface area contributed by atoms with E-state index in [9.17, 15) is 0 Å². The number of rotatable bonds is 6. The highest BCUT2D eigenvalue weighted by molar-refractivity contribution is 5.65. The quantitative estimate of drug-likeness (QED) is 0.579. The third-order valence-electron chi connectivity index (χ3n) is 4.10. The minimum atomic E-state index is 0.851. The molecular weight excluding hydrogens is 284 g/mol. The summed E-state index contributed by atoms with van der Waals surface area (Å²) in [6, 6.07) is 12.8. The predicted molar refractivity (Wildman–Crippen MR) is 98.2 cm³/mol. The van der Waals surface area contributed by atoms with Crippen LogP contribution in [0.4, 0.5) is 5.69 Å². The number of ether oxygens (including phenoxy) is 1. The Morgan fingerprint density at radius 3 is 2.43 bits per heavy atom. The third kappa shape index (κ3) is 4.59. The van der Waals surface area contributed by atoms with Gasteiger partial charge in [0.25, 0.3) is 0 Å². The van der Waals surface area contributed by atoms with Crippen molar-refractivity contribution in [3.05, 3.63) is 58.7 Å². The van der Waals surface area contributed by atoms with Gasteiger partial charge in [-0.15, -0.1) is 0 Å². The summed E-state index contributed by atoms with van der Waals surface area (Å²) in [5, 5.41) is 0. The highest BCUT2D eigenvalue weighted by Crippen LogP contribution is 2.30. The molecule has 0 saturated heterocycles. The van der Waals surface area contributed by atoms with Crippen molar-refractivity contribution < 1.29 is 4.74 Å². The van der Waals surface area contributed by atoms with Crippen molar-refractivity contribution in [3.63, 3.8) is 0 Å². The lowest BCUT2D eigenvalue weighted by atomic mass is 9.98. The molecule has 0 saturated carbocycles. The molecule has 0 atom stereocenters. The Hall–Kier alpha value is -2.29. The van der Waals surface area contributed by atoms with Crippen LogP contribution >= 0.6 is 0 Å². The van der Waals surface area contributed by atoms with Crippen LogP contribution in [0.1, 0.15) is 29.2 Å². The largest absolute Gasteiger partial charge is 0.497 e. The average molecular weight is 310 g/mol. The average Bonchev–Trinajstić information content (AvgIpc) is 2.57. The van der Waals surface area contributed by atoms with Crippen LogP contribution in [0, 0.1) is 13.8 Å². The number of hydrogen-bond donors (Lipinski definition) is 0. The van der Waals surface area contributed by atoms with Crippen molar-refractivity contribution in [3.8, 4) is 5.75 Å². The van der Waals surface area contributed by atoms with Crippen molar-refractivity contribution in [2.45, 2.75) is 27.2 Å². The minimum absolute atomic E-state index is 0.851. The summed E-state index contributed by atoms with van der Waals surface area (Å²) < 4.78 is 5.45. The molecule has 3 nitrogen and oxygen atoms in total. The minimum Gasteiger partial charge on any atom is -0.497 e. The van der Waals surface area contributed by atoms with Crippen LogP contribution in [0.15, 0.2) is 41.4 Å². The molecule has 0 spiro atoms. The zero-order valence-electron chi connectivity index (χ0n) is 14.8. The van der Waals surface area contributed by atoms with Crippen molar-refractivity contribution >= 4 is 12.0 Å². The van der Waals surface area contributed by atoms with Gasteiger partial charge < -0.3 is 9.64 Å². The van der Waals surface area contributed by atoms with Gasteiger partial charge >= 0.3 is 0 Å². The zero-order valence-corrected chi connectivity index (χ0v) is 14.8. The van der Waals surface area contributed by atoms with Crippen LogP contribution in [0.3, 0.4) is 0 Å². The van der Waals surface area contributed by atoms with Crippen molar-refractivity contribution in [2.75, 3.05) is 20.7 Å². The molecule has 0 aliphatic carbocycles. The van der Waals surface area contributed by atoms with Gasteiger partial charge in [0.15, 0.2) is 0 Å². The van der Waals surface area contributed by atoms with E-state index in [4.69, 9.17) is 4.74 Å². The Balaban J connectivity index is 2.34. The van der Waals surface area contributed by atoms with Crippen molar-refractivity contribution in [1.29, 1.82) is 0 Å². The summed E-state index contributed by atoms with van der Waals surface area (Å²) in [7, 11) is 3.72. The Labute approximate surface area is 139 Å². The smallest absolute Gasteiger partial charge is 0.121 e. The Morgan fingerprint density at radius 1 is 1.13 bits per heavy atom. The van der Waals surface area contributed by atoms with Crippen LogP contribution in [-0.2, 0) is 6.42 Å². The molecule has 0 bridgehead atoms. The van der Waals surface area contributed by atoms with E-state index in [0.717, 1.165) is 24.4 Å². The lowest BCUT2D eigenvalue weighted by Gasteiger charge is -2.13. The van der Waals surface area contributed by atoms with Crippen LogP contribution in [0.25, 0.3) is 0 Å². The number of hydrogen-bond acceptors (Lipinski definition) is 2.